The van der Waals surface area contributed by atoms with Crippen LogP contribution < -0.4 is 0 Å². The second kappa shape index (κ2) is 11.0. The topological polar surface area (TPSA) is 80.3 Å². The molecule has 0 saturated carbocycles. The predicted octanol–water partition coefficient (Wildman–Crippen LogP) is 2.70. The Hall–Kier alpha value is 0.231. The average Bonchev–Trinajstić information content (AvgIpc) is 2.38. The number of aryl methyl sites for hydroxylation is 4. The fraction of sp³-hybridized carbons (Fsp3) is 0.250. The van der Waals surface area contributed by atoms with Crippen molar-refractivity contribution in [3.63, 3.8) is 0 Å². The minimum absolute atomic E-state index is 0. The third kappa shape index (κ3) is 7.77. The second-order valence-corrected chi connectivity index (χ2v) is 6.83. The molecule has 0 aliphatic rings. The van der Waals surface area contributed by atoms with Crippen molar-refractivity contribution in [2.24, 2.45) is 0 Å². The number of rotatable bonds is 2. The van der Waals surface area contributed by atoms with Crippen LogP contribution in [0.1, 0.15) is 22.3 Å². The zero-order valence-electron chi connectivity index (χ0n) is 13.6. The molecule has 0 aliphatic heterocycles. The van der Waals surface area contributed by atoms with Crippen LogP contribution in [-0.2, 0) is 22.2 Å². The Morgan fingerprint density at radius 3 is 1.22 bits per heavy atom. The molecular formula is C16H18BaO4S2. The van der Waals surface area contributed by atoms with Gasteiger partial charge in [0.25, 0.3) is 0 Å². The van der Waals surface area contributed by atoms with Crippen LogP contribution in [0.3, 0.4) is 0 Å². The zero-order valence-corrected chi connectivity index (χ0v) is 19.7. The van der Waals surface area contributed by atoms with Gasteiger partial charge in [-0.1, -0.05) is 35.4 Å². The molecule has 0 amide bonds. The van der Waals surface area contributed by atoms with Gasteiger partial charge in [0.1, 0.15) is 0 Å². The van der Waals surface area contributed by atoms with E-state index in [2.05, 4.69) is 0 Å². The third-order valence-corrected chi connectivity index (χ3v) is 4.65. The molecule has 0 spiro atoms. The van der Waals surface area contributed by atoms with Crippen molar-refractivity contribution in [3.05, 3.63) is 58.7 Å². The molecule has 2 aromatic carbocycles. The molecule has 0 N–H and O–H groups in total. The molecule has 2 rings (SSSR count). The molecule has 0 saturated heterocycles. The van der Waals surface area contributed by atoms with E-state index in [1.165, 1.54) is 0 Å². The second-order valence-electron chi connectivity index (χ2n) is 5.01. The van der Waals surface area contributed by atoms with Crippen molar-refractivity contribution in [2.45, 2.75) is 37.5 Å². The van der Waals surface area contributed by atoms with Crippen LogP contribution >= 0.6 is 0 Å². The molecule has 2 aromatic rings. The van der Waals surface area contributed by atoms with Gasteiger partial charge in [0, 0.05) is 9.79 Å². The summed E-state index contributed by atoms with van der Waals surface area (Å²) in [4.78, 5) is 0.770. The van der Waals surface area contributed by atoms with Crippen LogP contribution in [0.5, 0.6) is 0 Å². The van der Waals surface area contributed by atoms with Crippen LogP contribution in [0.2, 0.25) is 0 Å². The molecule has 4 nitrogen and oxygen atoms in total. The molecule has 0 heterocycles. The van der Waals surface area contributed by atoms with Crippen molar-refractivity contribution < 1.29 is 17.5 Å². The standard InChI is InChI=1S/2C8H10O2S.Ba/c2*1-6-3-4-8(11(9)10)7(2)5-6;/h2*3-5H,1-2H3,(H,9,10);/q;;+2/p-2. The van der Waals surface area contributed by atoms with Crippen LogP contribution in [0.25, 0.3) is 0 Å². The third-order valence-electron chi connectivity index (χ3n) is 3.02. The first kappa shape index (κ1) is 23.2. The summed E-state index contributed by atoms with van der Waals surface area (Å²) < 4.78 is 42.1. The van der Waals surface area contributed by atoms with Gasteiger partial charge in [0.2, 0.25) is 0 Å². The Balaban J connectivity index is 0.000000403. The van der Waals surface area contributed by atoms with E-state index in [0.29, 0.717) is 9.79 Å². The van der Waals surface area contributed by atoms with Gasteiger partial charge in [-0.15, -0.1) is 0 Å². The number of hydrogen-bond donors (Lipinski definition) is 0. The van der Waals surface area contributed by atoms with Crippen molar-refractivity contribution >= 4 is 71.0 Å². The summed E-state index contributed by atoms with van der Waals surface area (Å²) in [6, 6.07) is 10.5. The van der Waals surface area contributed by atoms with Crippen molar-refractivity contribution in [1.29, 1.82) is 0 Å². The zero-order chi connectivity index (χ0) is 16.9. The summed E-state index contributed by atoms with van der Waals surface area (Å²) in [6.45, 7) is 7.45. The Kier molecular flexibility index (Phi) is 11.1. The minimum Gasteiger partial charge on any atom is -0.768 e. The van der Waals surface area contributed by atoms with Crippen molar-refractivity contribution in [1.82, 2.24) is 0 Å². The monoisotopic (exact) mass is 476 g/mol. The smallest absolute Gasteiger partial charge is 0.768 e. The fourth-order valence-electron chi connectivity index (χ4n) is 1.97. The van der Waals surface area contributed by atoms with Gasteiger partial charge in [0.05, 0.1) is 0 Å². The first-order valence-corrected chi connectivity index (χ1v) is 8.70. The van der Waals surface area contributed by atoms with E-state index in [9.17, 15) is 17.5 Å². The largest absolute Gasteiger partial charge is 2.00 e. The van der Waals surface area contributed by atoms with E-state index < -0.39 is 22.2 Å². The molecule has 0 aromatic heterocycles. The summed E-state index contributed by atoms with van der Waals surface area (Å²) >= 11 is -4.20. The van der Waals surface area contributed by atoms with Crippen LogP contribution in [0, 0.1) is 27.7 Å². The maximum absolute atomic E-state index is 10.5. The molecule has 23 heavy (non-hydrogen) atoms. The normalized spacial score (nSPS) is 12.4. The van der Waals surface area contributed by atoms with Crippen molar-refractivity contribution in [3.8, 4) is 0 Å². The molecule has 0 radical (unpaired) electrons. The molecule has 0 fully saturated rings. The maximum atomic E-state index is 10.5. The molecule has 2 unspecified atom stereocenters. The van der Waals surface area contributed by atoms with E-state index in [0.717, 1.165) is 22.3 Å². The van der Waals surface area contributed by atoms with Gasteiger partial charge in [-0.25, -0.2) is 0 Å². The summed E-state index contributed by atoms with van der Waals surface area (Å²) in [7, 11) is 0. The van der Waals surface area contributed by atoms with Gasteiger partial charge in [-0.05, 0) is 73.1 Å². The SMILES string of the molecule is Cc1ccc(S(=O)[O-])c(C)c1.Cc1ccc(S(=O)[O-])c(C)c1.[Ba+2]. The van der Waals surface area contributed by atoms with E-state index in [1.54, 1.807) is 38.1 Å². The van der Waals surface area contributed by atoms with Crippen LogP contribution in [0.4, 0.5) is 0 Å². The Bertz CT molecular complexity index is 656. The van der Waals surface area contributed by atoms with Gasteiger partial charge < -0.3 is 9.11 Å². The van der Waals surface area contributed by atoms with Gasteiger partial charge in [-0.3, -0.25) is 8.42 Å². The maximum Gasteiger partial charge on any atom is 2.00 e. The summed E-state index contributed by atoms with van der Waals surface area (Å²) in [5.41, 5.74) is 3.77. The Morgan fingerprint density at radius 2 is 1.00 bits per heavy atom. The fourth-order valence-corrected chi connectivity index (χ4v) is 2.97. The Labute approximate surface area is 182 Å². The van der Waals surface area contributed by atoms with E-state index in [4.69, 9.17) is 0 Å². The molecule has 2 atom stereocenters. The summed E-state index contributed by atoms with van der Waals surface area (Å²) in [6.07, 6.45) is 0. The molecule has 7 heteroatoms. The molecular weight excluding hydrogens is 458 g/mol. The van der Waals surface area contributed by atoms with Crippen LogP contribution in [0.15, 0.2) is 46.2 Å². The van der Waals surface area contributed by atoms with Gasteiger partial charge in [0.15, 0.2) is 0 Å². The van der Waals surface area contributed by atoms with Gasteiger partial charge >= 0.3 is 48.9 Å². The number of hydrogen-bond acceptors (Lipinski definition) is 4. The van der Waals surface area contributed by atoms with Crippen molar-refractivity contribution in [2.75, 3.05) is 0 Å². The van der Waals surface area contributed by atoms with Crippen LogP contribution in [-0.4, -0.2) is 66.4 Å². The van der Waals surface area contributed by atoms with E-state index in [-0.39, 0.29) is 48.9 Å². The Morgan fingerprint density at radius 1 is 0.696 bits per heavy atom. The molecule has 0 bridgehead atoms. The predicted molar refractivity (Wildman–Crippen MR) is 92.0 cm³/mol. The quantitative estimate of drug-likeness (QED) is 0.494. The summed E-state index contributed by atoms with van der Waals surface area (Å²) in [5, 5.41) is 0. The molecule has 0 aliphatic carbocycles. The molecule has 120 valence electrons. The average molecular weight is 476 g/mol. The van der Waals surface area contributed by atoms with Gasteiger partial charge in [-0.2, -0.15) is 0 Å². The first-order valence-electron chi connectivity index (χ1n) is 6.55. The minimum atomic E-state index is -2.10. The summed E-state index contributed by atoms with van der Waals surface area (Å²) in [5.74, 6) is 0. The van der Waals surface area contributed by atoms with E-state index in [1.807, 2.05) is 26.0 Å². The van der Waals surface area contributed by atoms with E-state index >= 15 is 0 Å². The number of benzene rings is 2. The first-order chi connectivity index (χ1) is 10.2.